The van der Waals surface area contributed by atoms with Gasteiger partial charge in [0.25, 0.3) is 5.91 Å². The van der Waals surface area contributed by atoms with Gasteiger partial charge in [-0.2, -0.15) is 0 Å². The van der Waals surface area contributed by atoms with E-state index in [4.69, 9.17) is 13.9 Å². The second-order valence-corrected chi connectivity index (χ2v) is 7.27. The first-order chi connectivity index (χ1) is 12.5. The maximum Gasteiger partial charge on any atom is 0.287 e. The molecular weight excluding hydrogens is 332 g/mol. The lowest BCUT2D eigenvalue weighted by Gasteiger charge is -2.33. The molecule has 1 amide bonds. The van der Waals surface area contributed by atoms with E-state index in [1.54, 1.807) is 7.11 Å². The van der Waals surface area contributed by atoms with Crippen molar-refractivity contribution in [2.45, 2.75) is 26.9 Å². The number of aryl methyl sites for hydroxylation is 1. The molecule has 26 heavy (non-hydrogen) atoms. The highest BCUT2D eigenvalue weighted by molar-refractivity contribution is 5.99. The highest BCUT2D eigenvalue weighted by Crippen LogP contribution is 2.28. The van der Waals surface area contributed by atoms with E-state index in [1.807, 2.05) is 25.1 Å². The van der Waals surface area contributed by atoms with Crippen molar-refractivity contribution in [3.63, 3.8) is 0 Å². The van der Waals surface area contributed by atoms with Gasteiger partial charge in [-0.1, -0.05) is 13.8 Å². The summed E-state index contributed by atoms with van der Waals surface area (Å²) >= 11 is 0. The van der Waals surface area contributed by atoms with Crippen molar-refractivity contribution < 1.29 is 18.7 Å². The molecule has 0 radical (unpaired) electrons. The highest BCUT2D eigenvalue weighted by atomic mass is 16.5. The number of morpholine rings is 1. The van der Waals surface area contributed by atoms with Crippen LogP contribution in [-0.4, -0.2) is 56.8 Å². The average molecular weight is 360 g/mol. The molecule has 0 spiro atoms. The Labute approximate surface area is 154 Å². The lowest BCUT2D eigenvalue weighted by atomic mass is 10.1. The Morgan fingerprint density at radius 3 is 2.96 bits per heavy atom. The number of carbonyl (C=O) groups is 1. The van der Waals surface area contributed by atoms with Crippen molar-refractivity contribution in [1.29, 1.82) is 0 Å². The van der Waals surface area contributed by atoms with E-state index in [-0.39, 0.29) is 12.0 Å². The van der Waals surface area contributed by atoms with Crippen molar-refractivity contribution in [2.24, 2.45) is 5.92 Å². The molecule has 6 heteroatoms. The summed E-state index contributed by atoms with van der Waals surface area (Å²) in [5.74, 6) is 1.51. The van der Waals surface area contributed by atoms with E-state index in [1.165, 1.54) is 0 Å². The van der Waals surface area contributed by atoms with Gasteiger partial charge in [-0.05, 0) is 31.0 Å². The molecule has 6 nitrogen and oxygen atoms in total. The van der Waals surface area contributed by atoms with E-state index in [0.717, 1.165) is 36.3 Å². The molecule has 1 aliphatic heterocycles. The van der Waals surface area contributed by atoms with Crippen LogP contribution in [0.5, 0.6) is 5.75 Å². The second-order valence-electron chi connectivity index (χ2n) is 7.27. The summed E-state index contributed by atoms with van der Waals surface area (Å²) in [6.45, 7) is 10.4. The van der Waals surface area contributed by atoms with Gasteiger partial charge in [-0.15, -0.1) is 0 Å². The molecule has 1 aromatic carbocycles. The van der Waals surface area contributed by atoms with Crippen LogP contribution in [0.4, 0.5) is 0 Å². The van der Waals surface area contributed by atoms with Crippen LogP contribution in [0.1, 0.15) is 30.0 Å². The van der Waals surface area contributed by atoms with Crippen LogP contribution in [-0.2, 0) is 4.74 Å². The van der Waals surface area contributed by atoms with Crippen LogP contribution in [0, 0.1) is 12.8 Å². The van der Waals surface area contributed by atoms with Crippen LogP contribution >= 0.6 is 0 Å². The third-order valence-electron chi connectivity index (χ3n) is 4.69. The Balaban J connectivity index is 1.63. The summed E-state index contributed by atoms with van der Waals surface area (Å²) < 4.78 is 16.8. The Morgan fingerprint density at radius 1 is 1.42 bits per heavy atom. The SMILES string of the molecule is COc1ccc2oc(C(=O)NC[C@@H]3CN(CC(C)C)CCO3)c(C)c2c1. The van der Waals surface area contributed by atoms with Gasteiger partial charge in [0.15, 0.2) is 5.76 Å². The van der Waals surface area contributed by atoms with Gasteiger partial charge < -0.3 is 19.2 Å². The number of fused-ring (bicyclic) bond motifs is 1. The van der Waals surface area contributed by atoms with Crippen LogP contribution in [0.15, 0.2) is 22.6 Å². The molecule has 1 fully saturated rings. The molecule has 3 rings (SSSR count). The van der Waals surface area contributed by atoms with E-state index in [2.05, 4.69) is 24.1 Å². The fourth-order valence-corrected chi connectivity index (χ4v) is 3.42. The summed E-state index contributed by atoms with van der Waals surface area (Å²) in [5, 5.41) is 3.85. The van der Waals surface area contributed by atoms with Crippen LogP contribution < -0.4 is 10.1 Å². The molecule has 1 N–H and O–H groups in total. The van der Waals surface area contributed by atoms with Crippen molar-refractivity contribution in [3.05, 3.63) is 29.5 Å². The van der Waals surface area contributed by atoms with Crippen molar-refractivity contribution in [1.82, 2.24) is 10.2 Å². The van der Waals surface area contributed by atoms with Crippen molar-refractivity contribution in [2.75, 3.05) is 39.9 Å². The first-order valence-corrected chi connectivity index (χ1v) is 9.17. The van der Waals surface area contributed by atoms with E-state index >= 15 is 0 Å². The number of benzene rings is 1. The van der Waals surface area contributed by atoms with Crippen molar-refractivity contribution >= 4 is 16.9 Å². The standard InChI is InChI=1S/C20H28N2O4/c1-13(2)11-22-7-8-25-16(12-22)10-21-20(23)19-14(3)17-9-15(24-4)5-6-18(17)26-19/h5-6,9,13,16H,7-8,10-12H2,1-4H3,(H,21,23)/t16-/m1/s1. The first kappa shape index (κ1) is 18.7. The van der Waals surface area contributed by atoms with Gasteiger partial charge in [0, 0.05) is 37.1 Å². The molecule has 2 aromatic rings. The quantitative estimate of drug-likeness (QED) is 0.858. The van der Waals surface area contributed by atoms with Gasteiger partial charge in [0.05, 0.1) is 19.8 Å². The zero-order valence-electron chi connectivity index (χ0n) is 16.0. The van der Waals surface area contributed by atoms with Crippen LogP contribution in [0.3, 0.4) is 0 Å². The van der Waals surface area contributed by atoms with Crippen molar-refractivity contribution in [3.8, 4) is 5.75 Å². The number of nitrogens with zero attached hydrogens (tertiary/aromatic N) is 1. The monoisotopic (exact) mass is 360 g/mol. The van der Waals surface area contributed by atoms with Crippen LogP contribution in [0.25, 0.3) is 11.0 Å². The minimum absolute atomic E-state index is 0.0104. The lowest BCUT2D eigenvalue weighted by molar-refractivity contribution is -0.0296. The highest BCUT2D eigenvalue weighted by Gasteiger charge is 2.23. The van der Waals surface area contributed by atoms with Gasteiger partial charge in [-0.3, -0.25) is 9.69 Å². The number of ether oxygens (including phenoxy) is 2. The fraction of sp³-hybridized carbons (Fsp3) is 0.550. The third kappa shape index (κ3) is 4.19. The van der Waals surface area contributed by atoms with Gasteiger partial charge in [0.1, 0.15) is 11.3 Å². The largest absolute Gasteiger partial charge is 0.497 e. The summed E-state index contributed by atoms with van der Waals surface area (Å²) in [4.78, 5) is 15.0. The predicted molar refractivity (Wildman–Crippen MR) is 101 cm³/mol. The Morgan fingerprint density at radius 2 is 2.23 bits per heavy atom. The molecular formula is C20H28N2O4. The summed E-state index contributed by atoms with van der Waals surface area (Å²) in [5.41, 5.74) is 1.51. The molecule has 1 aromatic heterocycles. The Kier molecular flexibility index (Phi) is 5.84. The number of nitrogens with one attached hydrogen (secondary N) is 1. The number of hydrogen-bond donors (Lipinski definition) is 1. The number of rotatable bonds is 6. The average Bonchev–Trinajstić information content (AvgIpc) is 2.95. The number of amides is 1. The summed E-state index contributed by atoms with van der Waals surface area (Å²) in [6, 6.07) is 5.54. The fourth-order valence-electron chi connectivity index (χ4n) is 3.42. The molecule has 142 valence electrons. The Bertz CT molecular complexity index is 769. The normalized spacial score (nSPS) is 18.4. The summed E-state index contributed by atoms with van der Waals surface area (Å²) in [7, 11) is 1.62. The molecule has 0 bridgehead atoms. The second kappa shape index (κ2) is 8.10. The topological polar surface area (TPSA) is 63.9 Å². The molecule has 0 saturated carbocycles. The van der Waals surface area contributed by atoms with E-state index in [0.29, 0.717) is 30.4 Å². The summed E-state index contributed by atoms with van der Waals surface area (Å²) in [6.07, 6.45) is 0.0104. The third-order valence-corrected chi connectivity index (χ3v) is 4.69. The smallest absolute Gasteiger partial charge is 0.287 e. The predicted octanol–water partition coefficient (Wildman–Crippen LogP) is 2.84. The molecule has 1 atom stereocenters. The lowest BCUT2D eigenvalue weighted by Crippen LogP contribution is -2.48. The van der Waals surface area contributed by atoms with E-state index in [9.17, 15) is 4.79 Å². The van der Waals surface area contributed by atoms with Gasteiger partial charge in [-0.25, -0.2) is 0 Å². The minimum Gasteiger partial charge on any atom is -0.497 e. The number of furan rings is 1. The number of carbonyl (C=O) groups excluding carboxylic acids is 1. The van der Waals surface area contributed by atoms with Crippen LogP contribution in [0.2, 0.25) is 0 Å². The number of hydrogen-bond acceptors (Lipinski definition) is 5. The number of methoxy groups -OCH3 is 1. The molecule has 2 heterocycles. The molecule has 1 aliphatic rings. The zero-order valence-corrected chi connectivity index (χ0v) is 16.0. The zero-order chi connectivity index (χ0) is 18.7. The van der Waals surface area contributed by atoms with Gasteiger partial charge >= 0.3 is 0 Å². The molecule has 0 aliphatic carbocycles. The van der Waals surface area contributed by atoms with Gasteiger partial charge in [0.2, 0.25) is 0 Å². The first-order valence-electron chi connectivity index (χ1n) is 9.17. The molecule has 1 saturated heterocycles. The molecule has 0 unspecified atom stereocenters. The van der Waals surface area contributed by atoms with E-state index < -0.39 is 0 Å². The minimum atomic E-state index is -0.206. The maximum absolute atomic E-state index is 12.6. The maximum atomic E-state index is 12.6. The Hall–Kier alpha value is -2.05.